The Labute approximate surface area is 89.6 Å². The summed E-state index contributed by atoms with van der Waals surface area (Å²) in [6.45, 7) is -0.424. The van der Waals surface area contributed by atoms with E-state index in [0.717, 1.165) is 4.57 Å². The molecule has 0 aliphatic carbocycles. The summed E-state index contributed by atoms with van der Waals surface area (Å²) in [5.74, 6) is -0.163. The van der Waals surface area contributed by atoms with Gasteiger partial charge in [-0.25, -0.2) is 14.3 Å². The van der Waals surface area contributed by atoms with Crippen LogP contribution in [0.15, 0.2) is 22.6 Å². The van der Waals surface area contributed by atoms with Crippen molar-refractivity contribution < 1.29 is 14.9 Å². The van der Waals surface area contributed by atoms with Crippen LogP contribution < -0.4 is 11.4 Å². The van der Waals surface area contributed by atoms with Gasteiger partial charge in [-0.05, 0) is 0 Å². The third kappa shape index (κ3) is 1.70. The highest BCUT2D eigenvalue weighted by atomic mass is 16.5. The van der Waals surface area contributed by atoms with Crippen molar-refractivity contribution >= 4 is 5.95 Å². The number of aliphatic hydroxyl groups is 2. The van der Waals surface area contributed by atoms with Crippen LogP contribution in [0.25, 0.3) is 0 Å². The van der Waals surface area contributed by atoms with Crippen LogP contribution in [0.5, 0.6) is 0 Å². The van der Waals surface area contributed by atoms with E-state index in [1.165, 1.54) is 6.33 Å². The third-order valence-electron chi connectivity index (χ3n) is 2.17. The predicted molar refractivity (Wildman–Crippen MR) is 52.2 cm³/mol. The minimum Gasteiger partial charge on any atom is -0.508 e. The van der Waals surface area contributed by atoms with Crippen molar-refractivity contribution in [1.29, 1.82) is 0 Å². The van der Waals surface area contributed by atoms with Crippen LogP contribution in [-0.4, -0.2) is 31.4 Å². The van der Waals surface area contributed by atoms with Crippen molar-refractivity contribution in [1.82, 2.24) is 14.5 Å². The van der Waals surface area contributed by atoms with Gasteiger partial charge in [-0.1, -0.05) is 0 Å². The average Bonchev–Trinajstić information content (AvgIpc) is 2.59. The third-order valence-corrected chi connectivity index (χ3v) is 2.17. The molecule has 2 heterocycles. The highest BCUT2D eigenvalue weighted by Crippen LogP contribution is 2.28. The minimum atomic E-state index is -0.741. The Morgan fingerprint density at radius 3 is 3.00 bits per heavy atom. The van der Waals surface area contributed by atoms with Crippen molar-refractivity contribution in [2.45, 2.75) is 12.6 Å². The summed E-state index contributed by atoms with van der Waals surface area (Å²) >= 11 is 0. The Hall–Kier alpha value is -2.09. The Balaban J connectivity index is 2.26. The highest BCUT2D eigenvalue weighted by Gasteiger charge is 2.27. The quantitative estimate of drug-likeness (QED) is 0.584. The van der Waals surface area contributed by atoms with Gasteiger partial charge in [0.05, 0.1) is 6.42 Å². The molecule has 0 unspecified atom stereocenters. The van der Waals surface area contributed by atoms with Crippen molar-refractivity contribution in [3.05, 3.63) is 28.3 Å². The number of nitrogen functional groups attached to an aromatic ring is 1. The van der Waals surface area contributed by atoms with Crippen LogP contribution in [0, 0.1) is 0 Å². The molecule has 0 aromatic carbocycles. The molecule has 0 saturated heterocycles. The van der Waals surface area contributed by atoms with Crippen molar-refractivity contribution in [3.8, 4) is 0 Å². The molecule has 0 bridgehead atoms. The first-order valence-electron chi connectivity index (χ1n) is 4.51. The second kappa shape index (κ2) is 3.81. The lowest BCUT2D eigenvalue weighted by Crippen LogP contribution is -2.28. The summed E-state index contributed by atoms with van der Waals surface area (Å²) in [6, 6.07) is 0. The van der Waals surface area contributed by atoms with Gasteiger partial charge in [0.15, 0.2) is 12.0 Å². The van der Waals surface area contributed by atoms with E-state index in [-0.39, 0.29) is 23.9 Å². The van der Waals surface area contributed by atoms with Gasteiger partial charge >= 0.3 is 5.69 Å². The molecule has 1 aromatic heterocycles. The lowest BCUT2D eigenvalue weighted by atomic mass is 10.3. The standard InChI is InChI=1S/C8H10N4O4/c9-7-10-3-12(8(15)11-7)6-1-4(14)5(2-13)16-6/h3,6,13-14H,1-2H2,(H2,9,11,15)/t6-/m1/s1. The number of aromatic nitrogens is 3. The van der Waals surface area contributed by atoms with Crippen LogP contribution in [0.1, 0.15) is 12.6 Å². The molecule has 1 atom stereocenters. The molecule has 0 radical (unpaired) electrons. The van der Waals surface area contributed by atoms with E-state index in [9.17, 15) is 9.90 Å². The van der Waals surface area contributed by atoms with Crippen molar-refractivity contribution in [2.75, 3.05) is 12.3 Å². The van der Waals surface area contributed by atoms with E-state index in [2.05, 4.69) is 9.97 Å². The van der Waals surface area contributed by atoms with E-state index in [1.54, 1.807) is 0 Å². The number of hydrogen-bond donors (Lipinski definition) is 3. The maximum atomic E-state index is 11.4. The maximum absolute atomic E-state index is 11.4. The van der Waals surface area contributed by atoms with Gasteiger partial charge < -0.3 is 20.7 Å². The number of rotatable bonds is 2. The molecule has 2 rings (SSSR count). The molecule has 0 amide bonds. The molecule has 1 aliphatic rings. The normalized spacial score (nSPS) is 19.9. The molecule has 0 spiro atoms. The summed E-state index contributed by atoms with van der Waals surface area (Å²) in [6.07, 6.45) is 0.529. The largest absolute Gasteiger partial charge is 0.508 e. The Morgan fingerprint density at radius 1 is 1.69 bits per heavy atom. The maximum Gasteiger partial charge on any atom is 0.355 e. The van der Waals surface area contributed by atoms with Crippen molar-refractivity contribution in [3.63, 3.8) is 0 Å². The topological polar surface area (TPSA) is 123 Å². The molecule has 4 N–H and O–H groups in total. The highest BCUT2D eigenvalue weighted by molar-refractivity contribution is 5.11. The predicted octanol–water partition coefficient (Wildman–Crippen LogP) is -1.10. The van der Waals surface area contributed by atoms with Gasteiger partial charge in [-0.2, -0.15) is 4.98 Å². The summed E-state index contributed by atoms with van der Waals surface area (Å²) in [5, 5.41) is 18.2. The van der Waals surface area contributed by atoms with Gasteiger partial charge in [-0.15, -0.1) is 0 Å². The molecule has 1 aliphatic heterocycles. The molecule has 1 aromatic rings. The lowest BCUT2D eigenvalue weighted by molar-refractivity contribution is 0.0584. The smallest absolute Gasteiger partial charge is 0.355 e. The van der Waals surface area contributed by atoms with Crippen LogP contribution in [0.4, 0.5) is 5.95 Å². The van der Waals surface area contributed by atoms with E-state index in [0.29, 0.717) is 0 Å². The van der Waals surface area contributed by atoms with Gasteiger partial charge in [0.1, 0.15) is 18.7 Å². The molecule has 16 heavy (non-hydrogen) atoms. The van der Waals surface area contributed by atoms with Crippen molar-refractivity contribution in [2.24, 2.45) is 0 Å². The summed E-state index contributed by atoms with van der Waals surface area (Å²) < 4.78 is 6.24. The second-order valence-corrected chi connectivity index (χ2v) is 3.21. The number of nitrogens with two attached hydrogens (primary N) is 1. The zero-order chi connectivity index (χ0) is 11.7. The van der Waals surface area contributed by atoms with E-state index >= 15 is 0 Å². The van der Waals surface area contributed by atoms with Crippen LogP contribution in [0.3, 0.4) is 0 Å². The summed E-state index contributed by atoms with van der Waals surface area (Å²) in [5.41, 5.74) is 4.61. The van der Waals surface area contributed by atoms with Gasteiger partial charge in [0, 0.05) is 0 Å². The zero-order valence-corrected chi connectivity index (χ0v) is 8.20. The zero-order valence-electron chi connectivity index (χ0n) is 8.20. The Bertz CT molecular complexity index is 495. The number of ether oxygens (including phenoxy) is 1. The molecule has 86 valence electrons. The van der Waals surface area contributed by atoms with E-state index in [4.69, 9.17) is 15.6 Å². The average molecular weight is 226 g/mol. The number of nitrogens with zero attached hydrogens (tertiary/aromatic N) is 3. The first-order valence-corrected chi connectivity index (χ1v) is 4.51. The van der Waals surface area contributed by atoms with Gasteiger partial charge in [0.25, 0.3) is 0 Å². The van der Waals surface area contributed by atoms with E-state index in [1.807, 2.05) is 0 Å². The fourth-order valence-electron chi connectivity index (χ4n) is 1.39. The fraction of sp³-hybridized carbons (Fsp3) is 0.375. The van der Waals surface area contributed by atoms with Gasteiger partial charge in [0.2, 0.25) is 5.95 Å². The number of hydrogen-bond acceptors (Lipinski definition) is 7. The van der Waals surface area contributed by atoms with E-state index < -0.39 is 18.5 Å². The number of aliphatic hydroxyl groups excluding tert-OH is 2. The molecular weight excluding hydrogens is 216 g/mol. The fourth-order valence-corrected chi connectivity index (χ4v) is 1.39. The SMILES string of the molecule is Nc1ncn([C@H]2CC(O)=C(CO)O2)c(=O)n1. The summed E-state index contributed by atoms with van der Waals surface area (Å²) in [7, 11) is 0. The molecule has 0 saturated carbocycles. The molecular formula is C8H10N4O4. The Morgan fingerprint density at radius 2 is 2.44 bits per heavy atom. The van der Waals surface area contributed by atoms with Gasteiger partial charge in [-0.3, -0.25) is 0 Å². The monoisotopic (exact) mass is 226 g/mol. The minimum absolute atomic E-state index is 0.0497. The molecule has 0 fully saturated rings. The van der Waals surface area contributed by atoms with Crippen LogP contribution >= 0.6 is 0 Å². The van der Waals surface area contributed by atoms with Crippen LogP contribution in [0.2, 0.25) is 0 Å². The number of anilines is 1. The Kier molecular flexibility index (Phi) is 2.49. The molecule has 8 nitrogen and oxygen atoms in total. The summed E-state index contributed by atoms with van der Waals surface area (Å²) in [4.78, 5) is 18.5. The lowest BCUT2D eigenvalue weighted by Gasteiger charge is -2.13. The molecule has 8 heteroatoms. The first-order chi connectivity index (χ1) is 7.61. The van der Waals surface area contributed by atoms with Crippen LogP contribution in [-0.2, 0) is 4.74 Å². The first kappa shape index (κ1) is 10.4. The second-order valence-electron chi connectivity index (χ2n) is 3.21.